The number of unbranched alkanes of at least 4 members (excludes halogenated alkanes) is 4. The molecule has 0 aliphatic heterocycles. The molecule has 0 aliphatic rings. The minimum atomic E-state index is -1.17. The van der Waals surface area contributed by atoms with Crippen LogP contribution in [0, 0.1) is 0 Å². The largest absolute Gasteiger partial charge is 0.480 e. The van der Waals surface area contributed by atoms with Crippen LogP contribution in [0.5, 0.6) is 0 Å². The Kier molecular flexibility index (Phi) is 18.5. The SMILES string of the molecule is NC(=NCCCC(NC(=O)CCCCCON(O)O)C(=O)O)NC(=O)CCCCCON(O)O. The fraction of sp³-hybridized carbons (Fsp3) is 0.778. The number of carbonyl (C=O) groups is 3. The number of hydrogen-bond acceptors (Lipinski definition) is 12. The molecule has 16 nitrogen and oxygen atoms in total. The molecule has 1 atom stereocenters. The number of guanidine groups is 1. The molecule has 0 saturated heterocycles. The second kappa shape index (κ2) is 20.0. The molecule has 0 aromatic rings. The highest BCUT2D eigenvalue weighted by Gasteiger charge is 2.19. The molecule has 0 aromatic carbocycles. The number of amides is 2. The maximum Gasteiger partial charge on any atom is 0.326 e. The van der Waals surface area contributed by atoms with Gasteiger partial charge in [0.2, 0.25) is 11.8 Å². The summed E-state index contributed by atoms with van der Waals surface area (Å²) >= 11 is 0. The Bertz CT molecular complexity index is 620. The molecule has 16 heteroatoms. The van der Waals surface area contributed by atoms with Gasteiger partial charge in [0.05, 0.1) is 24.0 Å². The Hall–Kier alpha value is -2.44. The third-order valence-corrected chi connectivity index (χ3v) is 4.34. The smallest absolute Gasteiger partial charge is 0.326 e. The normalized spacial score (nSPS) is 12.7. The van der Waals surface area contributed by atoms with Crippen molar-refractivity contribution in [2.24, 2.45) is 10.7 Å². The number of aliphatic imine (C=N–C) groups is 1. The molecule has 34 heavy (non-hydrogen) atoms. The van der Waals surface area contributed by atoms with Gasteiger partial charge in [0.1, 0.15) is 6.04 Å². The summed E-state index contributed by atoms with van der Waals surface area (Å²) in [4.78, 5) is 47.8. The number of rotatable bonds is 20. The molecule has 0 heterocycles. The first-order chi connectivity index (χ1) is 16.1. The van der Waals surface area contributed by atoms with E-state index in [1.165, 1.54) is 0 Å². The highest BCUT2D eigenvalue weighted by Crippen LogP contribution is 2.04. The second-order valence-electron chi connectivity index (χ2n) is 7.21. The quantitative estimate of drug-likeness (QED) is 0.0476. The van der Waals surface area contributed by atoms with Crippen LogP contribution in [0.25, 0.3) is 0 Å². The van der Waals surface area contributed by atoms with Crippen molar-refractivity contribution in [2.75, 3.05) is 19.8 Å². The van der Waals surface area contributed by atoms with Crippen LogP contribution in [0.3, 0.4) is 0 Å². The fourth-order valence-electron chi connectivity index (χ4n) is 2.68. The van der Waals surface area contributed by atoms with Gasteiger partial charge in [-0.05, 0) is 38.5 Å². The van der Waals surface area contributed by atoms with Crippen molar-refractivity contribution < 1.29 is 50.0 Å². The van der Waals surface area contributed by atoms with Gasteiger partial charge in [0.15, 0.2) is 5.96 Å². The lowest BCUT2D eigenvalue weighted by atomic mass is 10.1. The molecule has 2 amide bonds. The summed E-state index contributed by atoms with van der Waals surface area (Å²) in [6, 6.07) is -1.08. The Morgan fingerprint density at radius 3 is 1.85 bits per heavy atom. The summed E-state index contributed by atoms with van der Waals surface area (Å²) in [5, 5.41) is 46.8. The third-order valence-electron chi connectivity index (χ3n) is 4.34. The van der Waals surface area contributed by atoms with Crippen molar-refractivity contribution in [3.8, 4) is 0 Å². The van der Waals surface area contributed by atoms with E-state index >= 15 is 0 Å². The van der Waals surface area contributed by atoms with Crippen molar-refractivity contribution >= 4 is 23.7 Å². The monoisotopic (exact) mass is 496 g/mol. The molecule has 0 aliphatic carbocycles. The summed E-state index contributed by atoms with van der Waals surface area (Å²) in [5.74, 6) is -2.00. The van der Waals surface area contributed by atoms with Gasteiger partial charge in [-0.25, -0.2) is 4.79 Å². The zero-order valence-corrected chi connectivity index (χ0v) is 19.0. The van der Waals surface area contributed by atoms with Crippen molar-refractivity contribution in [1.82, 2.24) is 21.4 Å². The third kappa shape index (κ3) is 20.2. The van der Waals surface area contributed by atoms with E-state index in [2.05, 4.69) is 25.3 Å². The first-order valence-electron chi connectivity index (χ1n) is 10.8. The number of carbonyl (C=O) groups excluding carboxylic acids is 2. The number of carboxylic acid groups (broad SMARTS) is 1. The van der Waals surface area contributed by atoms with Gasteiger partial charge >= 0.3 is 5.97 Å². The zero-order chi connectivity index (χ0) is 25.8. The average molecular weight is 497 g/mol. The number of nitrogens with two attached hydrogens (primary N) is 1. The Labute approximate surface area is 196 Å². The summed E-state index contributed by atoms with van der Waals surface area (Å²) in [7, 11) is 0. The lowest BCUT2D eigenvalue weighted by Gasteiger charge is -2.14. The van der Waals surface area contributed by atoms with Crippen LogP contribution in [-0.4, -0.2) is 86.3 Å². The van der Waals surface area contributed by atoms with E-state index in [9.17, 15) is 19.5 Å². The molecule has 0 aromatic heterocycles. The van der Waals surface area contributed by atoms with Gasteiger partial charge in [-0.1, -0.05) is 12.8 Å². The molecule has 198 valence electrons. The van der Waals surface area contributed by atoms with Gasteiger partial charge in [-0.3, -0.25) is 50.4 Å². The zero-order valence-electron chi connectivity index (χ0n) is 19.0. The second-order valence-corrected chi connectivity index (χ2v) is 7.21. The molecular formula is C18H36N6O10. The van der Waals surface area contributed by atoms with E-state index in [1.807, 2.05) is 0 Å². The Morgan fingerprint density at radius 1 is 0.824 bits per heavy atom. The topological polar surface area (TPSA) is 240 Å². The predicted molar refractivity (Wildman–Crippen MR) is 113 cm³/mol. The summed E-state index contributed by atoms with van der Waals surface area (Å²) in [6.45, 7) is 0.331. The van der Waals surface area contributed by atoms with Gasteiger partial charge < -0.3 is 16.2 Å². The first kappa shape index (κ1) is 31.6. The van der Waals surface area contributed by atoms with Gasteiger partial charge in [-0.15, -0.1) is 0 Å². The van der Waals surface area contributed by atoms with Crippen molar-refractivity contribution in [1.29, 1.82) is 0 Å². The predicted octanol–water partition coefficient (Wildman–Crippen LogP) is -0.0883. The number of aliphatic carboxylic acids is 1. The number of nitrogens with zero attached hydrogens (tertiary/aromatic N) is 3. The Balaban J connectivity index is 4.02. The number of hydrogen-bond donors (Lipinski definition) is 8. The van der Waals surface area contributed by atoms with E-state index in [-0.39, 0.29) is 61.7 Å². The molecule has 0 spiro atoms. The molecule has 0 rings (SSSR count). The first-order valence-corrected chi connectivity index (χ1v) is 10.8. The minimum absolute atomic E-state index is 0.0711. The Morgan fingerprint density at radius 2 is 1.35 bits per heavy atom. The molecule has 0 bridgehead atoms. The van der Waals surface area contributed by atoms with Crippen LogP contribution in [-0.2, 0) is 24.1 Å². The minimum Gasteiger partial charge on any atom is -0.480 e. The lowest BCUT2D eigenvalue weighted by Crippen LogP contribution is -2.41. The molecule has 1 unspecified atom stereocenters. The highest BCUT2D eigenvalue weighted by atomic mass is 17.1. The van der Waals surface area contributed by atoms with E-state index in [0.717, 1.165) is 0 Å². The van der Waals surface area contributed by atoms with E-state index in [0.29, 0.717) is 44.9 Å². The molecule has 0 fully saturated rings. The van der Waals surface area contributed by atoms with Crippen LogP contribution < -0.4 is 16.4 Å². The summed E-state index contributed by atoms with van der Waals surface area (Å²) in [6.07, 6.45) is 4.01. The van der Waals surface area contributed by atoms with Crippen molar-refractivity contribution in [2.45, 2.75) is 70.3 Å². The van der Waals surface area contributed by atoms with Crippen molar-refractivity contribution in [3.05, 3.63) is 0 Å². The molecule has 0 radical (unpaired) electrons. The highest BCUT2D eigenvalue weighted by molar-refractivity contribution is 5.96. The lowest BCUT2D eigenvalue weighted by molar-refractivity contribution is -0.492. The average Bonchev–Trinajstić information content (AvgIpc) is 2.74. The maximum atomic E-state index is 11.9. The van der Waals surface area contributed by atoms with E-state index in [1.54, 1.807) is 0 Å². The van der Waals surface area contributed by atoms with Gasteiger partial charge in [0.25, 0.3) is 0 Å². The van der Waals surface area contributed by atoms with Crippen LogP contribution in [0.2, 0.25) is 0 Å². The molecule has 0 saturated carbocycles. The van der Waals surface area contributed by atoms with Crippen LogP contribution in [0.1, 0.15) is 64.2 Å². The van der Waals surface area contributed by atoms with Gasteiger partial charge in [0, 0.05) is 19.4 Å². The van der Waals surface area contributed by atoms with Crippen molar-refractivity contribution in [3.63, 3.8) is 0 Å². The van der Waals surface area contributed by atoms with E-state index < -0.39 is 17.9 Å². The molecule has 9 N–H and O–H groups in total. The maximum absolute atomic E-state index is 11.9. The van der Waals surface area contributed by atoms with Crippen LogP contribution >= 0.6 is 0 Å². The summed E-state index contributed by atoms with van der Waals surface area (Å²) in [5.41, 5.74) is 5.63. The number of carboxylic acids is 1. The fourth-order valence-corrected chi connectivity index (χ4v) is 2.68. The summed E-state index contributed by atoms with van der Waals surface area (Å²) < 4.78 is 0. The molecular weight excluding hydrogens is 460 g/mol. The van der Waals surface area contributed by atoms with Crippen LogP contribution in [0.15, 0.2) is 4.99 Å². The van der Waals surface area contributed by atoms with Gasteiger partial charge in [-0.2, -0.15) is 0 Å². The van der Waals surface area contributed by atoms with Crippen LogP contribution in [0.4, 0.5) is 0 Å². The van der Waals surface area contributed by atoms with E-state index in [4.69, 9.17) is 26.6 Å². The number of nitrogens with one attached hydrogen (secondary N) is 2. The standard InChI is InChI=1S/C18H36N6O10/c19-18(22-16(26)10-4-2-6-13-34-24(31)32)20-11-7-8-14(17(27)28)21-15(25)9-3-1-5-12-33-23(29)30/h14,29-32H,1-13H2,(H,21,25)(H,27,28)(H3,19,20,22,26).